The zero-order valence-electron chi connectivity index (χ0n) is 14.3. The maximum absolute atomic E-state index is 12.6. The number of carbonyl (C=O) groups excluding carboxylic acids is 1. The molecule has 3 aromatic rings. The second kappa shape index (κ2) is 7.61. The van der Waals surface area contributed by atoms with E-state index in [0.717, 1.165) is 5.56 Å². The highest BCUT2D eigenvalue weighted by atomic mass is 32.2. The van der Waals surface area contributed by atoms with Crippen molar-refractivity contribution in [2.24, 2.45) is 0 Å². The van der Waals surface area contributed by atoms with Crippen LogP contribution in [-0.2, 0) is 10.0 Å². The molecule has 2 N–H and O–H groups in total. The van der Waals surface area contributed by atoms with E-state index in [4.69, 9.17) is 5.26 Å². The lowest BCUT2D eigenvalue weighted by atomic mass is 10.1. The highest BCUT2D eigenvalue weighted by Gasteiger charge is 2.19. The maximum atomic E-state index is 12.6. The van der Waals surface area contributed by atoms with E-state index in [2.05, 4.69) is 10.0 Å². The summed E-state index contributed by atoms with van der Waals surface area (Å²) in [4.78, 5) is 12.7. The molecule has 0 saturated heterocycles. The van der Waals surface area contributed by atoms with Gasteiger partial charge < -0.3 is 5.32 Å². The quantitative estimate of drug-likeness (QED) is 0.680. The fourth-order valence-electron chi connectivity index (χ4n) is 2.36. The first-order valence-corrected chi connectivity index (χ1v) is 10.2. The number of anilines is 2. The molecular weight excluding hydrogens is 382 g/mol. The van der Waals surface area contributed by atoms with Gasteiger partial charge in [-0.25, -0.2) is 8.42 Å². The number of carbonyl (C=O) groups is 1. The summed E-state index contributed by atoms with van der Waals surface area (Å²) in [5, 5.41) is 13.8. The number of amides is 1. The van der Waals surface area contributed by atoms with Gasteiger partial charge >= 0.3 is 0 Å². The molecule has 0 atom stereocenters. The van der Waals surface area contributed by atoms with Crippen molar-refractivity contribution in [1.82, 2.24) is 0 Å². The van der Waals surface area contributed by atoms with Crippen LogP contribution in [0.4, 0.5) is 10.7 Å². The minimum atomic E-state index is -3.84. The monoisotopic (exact) mass is 397 g/mol. The van der Waals surface area contributed by atoms with Crippen molar-refractivity contribution in [3.63, 3.8) is 0 Å². The average Bonchev–Trinajstić information content (AvgIpc) is 3.09. The highest BCUT2D eigenvalue weighted by Crippen LogP contribution is 2.25. The Morgan fingerprint density at radius 3 is 2.48 bits per heavy atom. The van der Waals surface area contributed by atoms with Crippen LogP contribution in [0.2, 0.25) is 0 Å². The van der Waals surface area contributed by atoms with Gasteiger partial charge in [-0.05, 0) is 42.6 Å². The molecule has 0 aliphatic heterocycles. The van der Waals surface area contributed by atoms with Gasteiger partial charge in [0.1, 0.15) is 11.1 Å². The summed E-state index contributed by atoms with van der Waals surface area (Å²) in [5.41, 5.74) is 1.61. The van der Waals surface area contributed by atoms with E-state index in [1.807, 2.05) is 13.0 Å². The third-order valence-corrected chi connectivity index (χ3v) is 5.97. The Morgan fingerprint density at radius 2 is 1.78 bits per heavy atom. The van der Waals surface area contributed by atoms with E-state index in [9.17, 15) is 13.2 Å². The zero-order chi connectivity index (χ0) is 19.4. The van der Waals surface area contributed by atoms with Crippen LogP contribution in [0, 0.1) is 18.3 Å². The van der Waals surface area contributed by atoms with Crippen molar-refractivity contribution in [2.45, 2.75) is 11.8 Å². The smallest absolute Gasteiger partial charge is 0.261 e. The molecule has 0 saturated carbocycles. The molecule has 6 nitrogen and oxygen atoms in total. The van der Waals surface area contributed by atoms with Gasteiger partial charge in [0, 0.05) is 0 Å². The molecule has 2 aromatic carbocycles. The van der Waals surface area contributed by atoms with Gasteiger partial charge in [0.15, 0.2) is 0 Å². The molecule has 1 heterocycles. The summed E-state index contributed by atoms with van der Waals surface area (Å²) in [7, 11) is -3.84. The van der Waals surface area contributed by atoms with Crippen LogP contribution in [-0.4, -0.2) is 14.3 Å². The van der Waals surface area contributed by atoms with Crippen LogP contribution in [0.3, 0.4) is 0 Å². The lowest BCUT2D eigenvalue weighted by Gasteiger charge is -2.12. The topological polar surface area (TPSA) is 99.1 Å². The number of para-hydroxylation sites is 1. The SMILES string of the molecule is Cc1ccc(S(=O)(=O)Nc2ccccc2C(=O)Nc2sccc2C#N)cc1. The molecular formula is C19H15N3O3S2. The van der Waals surface area contributed by atoms with Gasteiger partial charge in [-0.1, -0.05) is 29.8 Å². The predicted molar refractivity (Wildman–Crippen MR) is 105 cm³/mol. The van der Waals surface area contributed by atoms with E-state index in [1.54, 1.807) is 35.7 Å². The molecule has 27 heavy (non-hydrogen) atoms. The molecule has 0 fully saturated rings. The van der Waals surface area contributed by atoms with Crippen LogP contribution >= 0.6 is 11.3 Å². The number of benzene rings is 2. The van der Waals surface area contributed by atoms with E-state index < -0.39 is 15.9 Å². The predicted octanol–water partition coefficient (Wildman–Crippen LogP) is 3.98. The van der Waals surface area contributed by atoms with Crippen molar-refractivity contribution in [2.75, 3.05) is 10.0 Å². The molecule has 3 rings (SSSR count). The van der Waals surface area contributed by atoms with Crippen molar-refractivity contribution >= 4 is 38.0 Å². The molecule has 0 spiro atoms. The third kappa shape index (κ3) is 4.16. The number of aryl methyl sites for hydroxylation is 1. The average molecular weight is 397 g/mol. The first-order chi connectivity index (χ1) is 12.9. The van der Waals surface area contributed by atoms with Crippen LogP contribution in [0.5, 0.6) is 0 Å². The Labute approximate surface area is 161 Å². The van der Waals surface area contributed by atoms with Crippen molar-refractivity contribution in [3.05, 3.63) is 76.7 Å². The number of nitrogens with zero attached hydrogens (tertiary/aromatic N) is 1. The largest absolute Gasteiger partial charge is 0.312 e. The lowest BCUT2D eigenvalue weighted by molar-refractivity contribution is 0.102. The van der Waals surface area contributed by atoms with Gasteiger partial charge in [-0.3, -0.25) is 9.52 Å². The molecule has 8 heteroatoms. The summed E-state index contributed by atoms with van der Waals surface area (Å²) >= 11 is 1.22. The molecule has 0 unspecified atom stereocenters. The van der Waals surface area contributed by atoms with Gasteiger partial charge in [0.05, 0.1) is 21.7 Å². The van der Waals surface area contributed by atoms with E-state index in [1.165, 1.54) is 35.6 Å². The summed E-state index contributed by atoms with van der Waals surface area (Å²) in [6.45, 7) is 1.86. The summed E-state index contributed by atoms with van der Waals surface area (Å²) < 4.78 is 27.7. The third-order valence-electron chi connectivity index (χ3n) is 3.76. The Bertz CT molecular complexity index is 1130. The van der Waals surface area contributed by atoms with Gasteiger partial charge in [0.2, 0.25) is 0 Å². The zero-order valence-corrected chi connectivity index (χ0v) is 15.9. The number of thiophene rings is 1. The molecule has 1 amide bonds. The minimum Gasteiger partial charge on any atom is -0.312 e. The second-order valence-electron chi connectivity index (χ2n) is 5.69. The fraction of sp³-hybridized carbons (Fsp3) is 0.0526. The van der Waals surface area contributed by atoms with Gasteiger partial charge in [-0.15, -0.1) is 11.3 Å². The van der Waals surface area contributed by atoms with Crippen molar-refractivity contribution in [1.29, 1.82) is 5.26 Å². The van der Waals surface area contributed by atoms with Crippen LogP contribution in [0.15, 0.2) is 64.9 Å². The van der Waals surface area contributed by atoms with Crippen LogP contribution in [0.1, 0.15) is 21.5 Å². The summed E-state index contributed by atoms with van der Waals surface area (Å²) in [6, 6.07) is 16.3. The number of hydrogen-bond donors (Lipinski definition) is 2. The van der Waals surface area contributed by atoms with Crippen molar-refractivity contribution < 1.29 is 13.2 Å². The molecule has 0 bridgehead atoms. The highest BCUT2D eigenvalue weighted by molar-refractivity contribution is 7.92. The number of sulfonamides is 1. The molecule has 0 radical (unpaired) electrons. The van der Waals surface area contributed by atoms with Gasteiger partial charge in [-0.2, -0.15) is 5.26 Å². The number of nitriles is 1. The standard InChI is InChI=1S/C19H15N3O3S2/c1-13-6-8-15(9-7-13)27(24,25)22-17-5-3-2-4-16(17)18(23)21-19-14(12-20)10-11-26-19/h2-11,22H,1H3,(H,21,23). The van der Waals surface area contributed by atoms with Gasteiger partial charge in [0.25, 0.3) is 15.9 Å². The Morgan fingerprint density at radius 1 is 1.07 bits per heavy atom. The summed E-state index contributed by atoms with van der Waals surface area (Å²) in [5.74, 6) is -0.504. The first kappa shape index (κ1) is 18.6. The molecule has 0 aliphatic rings. The normalized spacial score (nSPS) is 10.8. The molecule has 136 valence electrons. The number of rotatable bonds is 5. The first-order valence-electron chi connectivity index (χ1n) is 7.88. The summed E-state index contributed by atoms with van der Waals surface area (Å²) in [6.07, 6.45) is 0. The Hall–Kier alpha value is -3.15. The Kier molecular flexibility index (Phi) is 5.26. The van der Waals surface area contributed by atoms with E-state index in [0.29, 0.717) is 10.6 Å². The number of hydrogen-bond acceptors (Lipinski definition) is 5. The maximum Gasteiger partial charge on any atom is 0.261 e. The lowest BCUT2D eigenvalue weighted by Crippen LogP contribution is -2.18. The van der Waals surface area contributed by atoms with Crippen LogP contribution in [0.25, 0.3) is 0 Å². The number of nitrogens with one attached hydrogen (secondary N) is 2. The molecule has 1 aromatic heterocycles. The molecule has 0 aliphatic carbocycles. The van der Waals surface area contributed by atoms with Crippen molar-refractivity contribution in [3.8, 4) is 6.07 Å². The van der Waals surface area contributed by atoms with E-state index in [-0.39, 0.29) is 16.1 Å². The fourth-order valence-corrected chi connectivity index (χ4v) is 4.17. The minimum absolute atomic E-state index is 0.105. The van der Waals surface area contributed by atoms with E-state index >= 15 is 0 Å². The van der Waals surface area contributed by atoms with Crippen LogP contribution < -0.4 is 10.0 Å². The second-order valence-corrected chi connectivity index (χ2v) is 8.29. The Balaban J connectivity index is 1.89.